The highest BCUT2D eigenvalue weighted by Gasteiger charge is 2.36. The molecule has 0 saturated heterocycles. The van der Waals surface area contributed by atoms with E-state index in [1.807, 2.05) is 0 Å². The molecule has 0 aromatic heterocycles. The highest BCUT2D eigenvalue weighted by Crippen LogP contribution is 2.37. The van der Waals surface area contributed by atoms with Crippen LogP contribution in [0.1, 0.15) is 16.0 Å². The molecule has 0 N–H and O–H groups in total. The van der Waals surface area contributed by atoms with Crippen LogP contribution in [0.25, 0.3) is 0 Å². The molecule has 1 aromatic carbocycles. The van der Waals surface area contributed by atoms with Gasteiger partial charge in [0.05, 0.1) is 12.7 Å². The minimum Gasteiger partial charge on any atom is -0.468 e. The number of hydrogen-bond acceptors (Lipinski definition) is 2. The third-order valence-electron chi connectivity index (χ3n) is 1.95. The number of rotatable bonds is 2. The van der Waals surface area contributed by atoms with E-state index in [0.717, 1.165) is 13.2 Å². The van der Waals surface area contributed by atoms with Gasteiger partial charge in [0.1, 0.15) is 4.83 Å². The lowest BCUT2D eigenvalue weighted by Gasteiger charge is -2.15. The highest BCUT2D eigenvalue weighted by atomic mass is 79.9. The lowest BCUT2D eigenvalue weighted by molar-refractivity contribution is -0.141. The molecule has 0 heterocycles. The predicted molar refractivity (Wildman–Crippen MR) is 55.1 cm³/mol. The maximum atomic E-state index is 12.6. The van der Waals surface area contributed by atoms with Gasteiger partial charge in [-0.15, -0.1) is 0 Å². The van der Waals surface area contributed by atoms with Crippen LogP contribution in [0.5, 0.6) is 0 Å². The van der Waals surface area contributed by atoms with Crippen LogP contribution in [-0.2, 0) is 15.7 Å². The fraction of sp³-hybridized carbons (Fsp3) is 0.300. The van der Waals surface area contributed by atoms with Crippen LogP contribution in [0.4, 0.5) is 13.2 Å². The molecule has 1 rings (SSSR count). The monoisotopic (exact) mass is 296 g/mol. The molecule has 16 heavy (non-hydrogen) atoms. The number of methoxy groups -OCH3 is 1. The van der Waals surface area contributed by atoms with Crippen molar-refractivity contribution in [2.45, 2.75) is 11.0 Å². The summed E-state index contributed by atoms with van der Waals surface area (Å²) in [4.78, 5) is 10.0. The van der Waals surface area contributed by atoms with Crippen molar-refractivity contribution < 1.29 is 22.7 Å². The molecule has 0 spiro atoms. The van der Waals surface area contributed by atoms with Crippen molar-refractivity contribution in [1.82, 2.24) is 0 Å². The maximum Gasteiger partial charge on any atom is 0.416 e. The zero-order valence-corrected chi connectivity index (χ0v) is 9.80. The number of esters is 1. The van der Waals surface area contributed by atoms with E-state index >= 15 is 0 Å². The minimum absolute atomic E-state index is 0.151. The second-order valence-corrected chi connectivity index (χ2v) is 3.89. The van der Waals surface area contributed by atoms with Gasteiger partial charge in [-0.05, 0) is 11.6 Å². The summed E-state index contributed by atoms with van der Waals surface area (Å²) in [5, 5.41) is 0. The Bertz CT molecular complexity index is 390. The molecule has 1 aromatic rings. The van der Waals surface area contributed by atoms with E-state index in [1.165, 1.54) is 18.2 Å². The molecule has 1 atom stereocenters. The Balaban J connectivity index is 3.19. The molecule has 6 heteroatoms. The molecule has 0 radical (unpaired) electrons. The number of carbonyl (C=O) groups is 1. The van der Waals surface area contributed by atoms with Gasteiger partial charge < -0.3 is 4.74 Å². The van der Waals surface area contributed by atoms with E-state index in [-0.39, 0.29) is 5.56 Å². The normalized spacial score (nSPS) is 13.3. The first-order valence-electron chi connectivity index (χ1n) is 4.26. The fourth-order valence-corrected chi connectivity index (χ4v) is 1.79. The highest BCUT2D eigenvalue weighted by molar-refractivity contribution is 9.09. The zero-order chi connectivity index (χ0) is 12.3. The molecular weight excluding hydrogens is 289 g/mol. The Morgan fingerprint density at radius 1 is 1.38 bits per heavy atom. The smallest absolute Gasteiger partial charge is 0.416 e. The van der Waals surface area contributed by atoms with Crippen LogP contribution in [-0.4, -0.2) is 13.1 Å². The van der Waals surface area contributed by atoms with Crippen LogP contribution in [0.2, 0.25) is 0 Å². The second-order valence-electron chi connectivity index (χ2n) is 2.97. The Hall–Kier alpha value is -1.04. The molecule has 0 unspecified atom stereocenters. The molecule has 0 aliphatic rings. The van der Waals surface area contributed by atoms with Crippen LogP contribution >= 0.6 is 15.9 Å². The first-order valence-corrected chi connectivity index (χ1v) is 5.17. The summed E-state index contributed by atoms with van der Waals surface area (Å²) in [6.07, 6.45) is -4.49. The first-order chi connectivity index (χ1) is 7.38. The van der Waals surface area contributed by atoms with E-state index in [0.29, 0.717) is 0 Å². The third kappa shape index (κ3) is 2.75. The number of carbonyl (C=O) groups excluding carboxylic acids is 1. The van der Waals surface area contributed by atoms with Crippen LogP contribution < -0.4 is 0 Å². The molecular formula is C10H8BrF3O2. The Labute approximate surface area is 98.5 Å². The van der Waals surface area contributed by atoms with Crippen LogP contribution in [0.3, 0.4) is 0 Å². The average molecular weight is 297 g/mol. The quantitative estimate of drug-likeness (QED) is 0.618. The molecule has 0 saturated carbocycles. The van der Waals surface area contributed by atoms with E-state index in [9.17, 15) is 18.0 Å². The van der Waals surface area contributed by atoms with Crippen molar-refractivity contribution in [2.24, 2.45) is 0 Å². The molecule has 0 amide bonds. The molecule has 88 valence electrons. The van der Waals surface area contributed by atoms with Gasteiger partial charge in [0.15, 0.2) is 0 Å². The summed E-state index contributed by atoms with van der Waals surface area (Å²) < 4.78 is 42.2. The van der Waals surface area contributed by atoms with E-state index in [4.69, 9.17) is 0 Å². The van der Waals surface area contributed by atoms with Crippen LogP contribution in [0.15, 0.2) is 24.3 Å². The summed E-state index contributed by atoms with van der Waals surface area (Å²) >= 11 is 2.88. The minimum atomic E-state index is -4.49. The molecule has 0 bridgehead atoms. The number of ether oxygens (including phenoxy) is 1. The summed E-state index contributed by atoms with van der Waals surface area (Å²) in [5.41, 5.74) is -0.996. The van der Waals surface area contributed by atoms with Crippen molar-refractivity contribution in [3.05, 3.63) is 35.4 Å². The van der Waals surface area contributed by atoms with Gasteiger partial charge in [-0.3, -0.25) is 4.79 Å². The lowest BCUT2D eigenvalue weighted by atomic mass is 10.0. The average Bonchev–Trinajstić information content (AvgIpc) is 2.26. The van der Waals surface area contributed by atoms with Gasteiger partial charge in [0, 0.05) is 0 Å². The van der Waals surface area contributed by atoms with Crippen molar-refractivity contribution in [3.8, 4) is 0 Å². The van der Waals surface area contributed by atoms with Crippen molar-refractivity contribution in [2.75, 3.05) is 7.11 Å². The standard InChI is InChI=1S/C10H8BrF3O2/c1-16-9(15)8(11)6-4-2-3-5-7(6)10(12,13)14/h2-5,8H,1H3/t8-/m0/s1. The number of benzene rings is 1. The van der Waals surface area contributed by atoms with E-state index in [2.05, 4.69) is 20.7 Å². The topological polar surface area (TPSA) is 26.3 Å². The largest absolute Gasteiger partial charge is 0.468 e. The molecule has 0 aliphatic carbocycles. The number of alkyl halides is 4. The Morgan fingerprint density at radius 2 is 1.94 bits per heavy atom. The zero-order valence-electron chi connectivity index (χ0n) is 8.22. The number of hydrogen-bond donors (Lipinski definition) is 0. The summed E-state index contributed by atoms with van der Waals surface area (Å²) in [6.45, 7) is 0. The van der Waals surface area contributed by atoms with Gasteiger partial charge >= 0.3 is 12.1 Å². The maximum absolute atomic E-state index is 12.6. The van der Waals surface area contributed by atoms with E-state index in [1.54, 1.807) is 0 Å². The summed E-state index contributed by atoms with van der Waals surface area (Å²) in [6, 6.07) is 4.86. The van der Waals surface area contributed by atoms with Crippen molar-refractivity contribution in [1.29, 1.82) is 0 Å². The lowest BCUT2D eigenvalue weighted by Crippen LogP contribution is -2.15. The molecule has 2 nitrogen and oxygen atoms in total. The summed E-state index contributed by atoms with van der Waals surface area (Å²) in [7, 11) is 1.12. The van der Waals surface area contributed by atoms with Crippen molar-refractivity contribution >= 4 is 21.9 Å². The first kappa shape index (κ1) is 13.0. The third-order valence-corrected chi connectivity index (χ3v) is 2.81. The molecule has 0 fully saturated rings. The second kappa shape index (κ2) is 4.86. The van der Waals surface area contributed by atoms with Gasteiger partial charge in [-0.2, -0.15) is 13.2 Å². The van der Waals surface area contributed by atoms with Gasteiger partial charge in [-0.25, -0.2) is 0 Å². The number of halogens is 4. The fourth-order valence-electron chi connectivity index (χ4n) is 1.21. The van der Waals surface area contributed by atoms with Crippen LogP contribution in [0, 0.1) is 0 Å². The summed E-state index contributed by atoms with van der Waals surface area (Å²) in [5.74, 6) is -0.767. The Morgan fingerprint density at radius 3 is 2.44 bits per heavy atom. The Kier molecular flexibility index (Phi) is 3.96. The SMILES string of the molecule is COC(=O)[C@@H](Br)c1ccccc1C(F)(F)F. The predicted octanol–water partition coefficient (Wildman–Crippen LogP) is 3.31. The van der Waals surface area contributed by atoms with Gasteiger partial charge in [0.25, 0.3) is 0 Å². The molecule has 0 aliphatic heterocycles. The van der Waals surface area contributed by atoms with Crippen molar-refractivity contribution in [3.63, 3.8) is 0 Å². The van der Waals surface area contributed by atoms with Gasteiger partial charge in [0.2, 0.25) is 0 Å². The van der Waals surface area contributed by atoms with Gasteiger partial charge in [-0.1, -0.05) is 34.1 Å². The van der Waals surface area contributed by atoms with E-state index < -0.39 is 22.5 Å².